The summed E-state index contributed by atoms with van der Waals surface area (Å²) in [6, 6.07) is 14.8. The van der Waals surface area contributed by atoms with Crippen LogP contribution in [0.15, 0.2) is 54.7 Å². The smallest absolute Gasteiger partial charge is 0.493 e. The molecule has 168 valence electrons. The summed E-state index contributed by atoms with van der Waals surface area (Å²) in [4.78, 5) is 14.7. The topological polar surface area (TPSA) is 72.6 Å². The molecule has 1 aromatic heterocycles. The van der Waals surface area contributed by atoms with E-state index in [-0.39, 0.29) is 0 Å². The number of nitrogens with one attached hydrogen (secondary N) is 2. The molecule has 0 bridgehead atoms. The van der Waals surface area contributed by atoms with E-state index in [0.29, 0.717) is 17.5 Å². The summed E-state index contributed by atoms with van der Waals surface area (Å²) in [5.74, 6) is 2.81. The van der Waals surface area contributed by atoms with Gasteiger partial charge in [0.1, 0.15) is 0 Å². The maximum absolute atomic E-state index is 11.5. The number of hydrogen-bond acceptors (Lipinski definition) is 6. The van der Waals surface area contributed by atoms with Crippen molar-refractivity contribution in [1.82, 2.24) is 10.3 Å². The number of carbonyl (C=O) groups excluding carboxylic acids is 1. The van der Waals surface area contributed by atoms with Gasteiger partial charge < -0.3 is 24.5 Å². The number of benzene rings is 2. The van der Waals surface area contributed by atoms with E-state index >= 15 is 0 Å². The van der Waals surface area contributed by atoms with Crippen LogP contribution in [0.2, 0.25) is 0 Å². The fourth-order valence-corrected chi connectivity index (χ4v) is 5.00. The number of methoxy groups -OCH3 is 2. The van der Waals surface area contributed by atoms with Gasteiger partial charge in [-0.15, -0.1) is 0 Å². The number of carbonyl (C=O) groups is 1. The van der Waals surface area contributed by atoms with Crippen LogP contribution in [0.25, 0.3) is 16.5 Å². The fourth-order valence-electron chi connectivity index (χ4n) is 3.95. The van der Waals surface area contributed by atoms with Crippen LogP contribution < -0.4 is 14.8 Å². The summed E-state index contributed by atoms with van der Waals surface area (Å²) in [6.45, 7) is 0.928. The van der Waals surface area contributed by atoms with Gasteiger partial charge in [-0.05, 0) is 41.4 Å². The Morgan fingerprint density at radius 3 is 2.78 bits per heavy atom. The van der Waals surface area contributed by atoms with Crippen molar-refractivity contribution in [3.63, 3.8) is 0 Å². The van der Waals surface area contributed by atoms with Gasteiger partial charge in [0.05, 0.1) is 14.2 Å². The van der Waals surface area contributed by atoms with E-state index in [9.17, 15) is 4.79 Å². The molecule has 1 aliphatic rings. The van der Waals surface area contributed by atoms with Crippen LogP contribution in [0.4, 0.5) is 4.79 Å². The lowest BCUT2D eigenvalue weighted by Gasteiger charge is -2.24. The number of aromatic amines is 1. The van der Waals surface area contributed by atoms with E-state index in [1.54, 1.807) is 13.2 Å². The minimum atomic E-state index is -0.772. The zero-order valence-electron chi connectivity index (χ0n) is 18.4. The van der Waals surface area contributed by atoms with Crippen molar-refractivity contribution in [1.29, 1.82) is 0 Å². The second-order valence-corrected chi connectivity index (χ2v) is 8.77. The lowest BCUT2D eigenvalue weighted by Crippen LogP contribution is -2.33. The predicted octanol–water partition coefficient (Wildman–Crippen LogP) is 5.39. The Bertz CT molecular complexity index is 1090. The first-order chi connectivity index (χ1) is 15.7. The van der Waals surface area contributed by atoms with Gasteiger partial charge in [0.2, 0.25) is 0 Å². The highest BCUT2D eigenvalue weighted by atomic mass is 32.2. The van der Waals surface area contributed by atoms with E-state index in [4.69, 9.17) is 9.47 Å². The van der Waals surface area contributed by atoms with Crippen LogP contribution in [-0.2, 0) is 10.5 Å². The Hall–Kier alpha value is -2.90. The maximum Gasteiger partial charge on any atom is 0.513 e. The molecule has 2 aromatic carbocycles. The molecule has 0 fully saturated rings. The van der Waals surface area contributed by atoms with Gasteiger partial charge in [0.15, 0.2) is 11.5 Å². The highest BCUT2D eigenvalue weighted by molar-refractivity contribution is 7.98. The number of thioether (sulfide) groups is 1. The molecule has 2 heterocycles. The monoisotopic (exact) mass is 452 g/mol. The number of fused-ring (bicyclic) bond motifs is 1. The van der Waals surface area contributed by atoms with Crippen LogP contribution >= 0.6 is 11.8 Å². The molecule has 0 amide bonds. The van der Waals surface area contributed by atoms with Crippen LogP contribution in [0.3, 0.4) is 0 Å². The Kier molecular flexibility index (Phi) is 7.39. The van der Waals surface area contributed by atoms with Gasteiger partial charge >= 0.3 is 6.16 Å². The summed E-state index contributed by atoms with van der Waals surface area (Å²) in [5.41, 5.74) is 4.87. The van der Waals surface area contributed by atoms with Gasteiger partial charge in [0, 0.05) is 41.5 Å². The number of rotatable bonds is 8. The third-order valence-electron chi connectivity index (χ3n) is 5.65. The molecule has 3 aromatic rings. The normalized spacial score (nSPS) is 15.9. The summed E-state index contributed by atoms with van der Waals surface area (Å²) in [5, 5.41) is 4.69. The molecule has 7 heteroatoms. The van der Waals surface area contributed by atoms with Gasteiger partial charge in [-0.25, -0.2) is 4.79 Å². The minimum Gasteiger partial charge on any atom is -0.493 e. The Morgan fingerprint density at radius 1 is 1.16 bits per heavy atom. The first kappa shape index (κ1) is 22.3. The average Bonchev–Trinajstić information content (AvgIpc) is 3.23. The highest BCUT2D eigenvalue weighted by Gasteiger charge is 2.17. The van der Waals surface area contributed by atoms with Crippen molar-refractivity contribution in [2.45, 2.75) is 24.6 Å². The van der Waals surface area contributed by atoms with E-state index in [1.165, 1.54) is 23.8 Å². The van der Waals surface area contributed by atoms with Crippen molar-refractivity contribution in [3.05, 3.63) is 65.9 Å². The highest BCUT2D eigenvalue weighted by Crippen LogP contribution is 2.35. The molecule has 0 radical (unpaired) electrons. The van der Waals surface area contributed by atoms with Crippen molar-refractivity contribution >= 4 is 34.4 Å². The zero-order chi connectivity index (χ0) is 22.3. The third-order valence-corrected chi connectivity index (χ3v) is 6.69. The molecular formula is C25H28N2O4S. The molecule has 6 nitrogen and oxygen atoms in total. The Labute approximate surface area is 192 Å². The summed E-state index contributed by atoms with van der Waals surface area (Å²) in [7, 11) is 2.83. The molecule has 0 saturated heterocycles. The van der Waals surface area contributed by atoms with Gasteiger partial charge in [-0.2, -0.15) is 11.8 Å². The Balaban J connectivity index is 1.33. The molecule has 0 saturated carbocycles. The summed E-state index contributed by atoms with van der Waals surface area (Å²) < 4.78 is 15.2. The van der Waals surface area contributed by atoms with E-state index in [0.717, 1.165) is 41.8 Å². The minimum absolute atomic E-state index is 0.332. The maximum atomic E-state index is 11.5. The van der Waals surface area contributed by atoms with Gasteiger partial charge in [-0.3, -0.25) is 0 Å². The molecule has 0 aliphatic carbocycles. The van der Waals surface area contributed by atoms with Crippen LogP contribution in [-0.4, -0.2) is 43.7 Å². The number of ether oxygens (including phenoxy) is 3. The quantitative estimate of drug-likeness (QED) is 0.271. The van der Waals surface area contributed by atoms with E-state index < -0.39 is 6.16 Å². The van der Waals surface area contributed by atoms with E-state index in [2.05, 4.69) is 51.4 Å². The first-order valence-corrected chi connectivity index (χ1v) is 11.8. The first-order valence-electron chi connectivity index (χ1n) is 10.7. The van der Waals surface area contributed by atoms with Gasteiger partial charge in [-0.1, -0.05) is 36.4 Å². The average molecular weight is 453 g/mol. The molecule has 1 atom stereocenters. The molecule has 0 spiro atoms. The van der Waals surface area contributed by atoms with Crippen molar-refractivity contribution in [2.24, 2.45) is 0 Å². The largest absolute Gasteiger partial charge is 0.513 e. The van der Waals surface area contributed by atoms with Crippen LogP contribution in [0.1, 0.15) is 24.0 Å². The van der Waals surface area contributed by atoms with E-state index in [1.807, 2.05) is 24.0 Å². The zero-order valence-corrected chi connectivity index (χ0v) is 19.2. The molecule has 1 unspecified atom stereocenters. The summed E-state index contributed by atoms with van der Waals surface area (Å²) in [6.07, 6.45) is 5.73. The van der Waals surface area contributed by atoms with Crippen molar-refractivity contribution in [3.8, 4) is 11.5 Å². The molecule has 32 heavy (non-hydrogen) atoms. The second-order valence-electron chi connectivity index (χ2n) is 7.66. The second kappa shape index (κ2) is 10.6. The standard InChI is InChI=1S/C25H28N2O4S/c1-29-23-13-21-19(15-27-22(21)14-24(23)31-25(28)30-2)16-32-11-9-20-12-18(8-10-26-20)17-6-4-3-5-7-17/h3-8,13-15,20,26-27H,9-12,16H2,1-2H3. The van der Waals surface area contributed by atoms with Crippen molar-refractivity contribution in [2.75, 3.05) is 26.5 Å². The molecule has 2 N–H and O–H groups in total. The van der Waals surface area contributed by atoms with Crippen molar-refractivity contribution < 1.29 is 19.0 Å². The number of H-pyrrole nitrogens is 1. The van der Waals surface area contributed by atoms with Gasteiger partial charge in [0.25, 0.3) is 0 Å². The third kappa shape index (κ3) is 5.29. The molecule has 4 rings (SSSR count). The number of aromatic nitrogens is 1. The lowest BCUT2D eigenvalue weighted by molar-refractivity contribution is 0.120. The fraction of sp³-hybridized carbons (Fsp3) is 0.320. The Morgan fingerprint density at radius 2 is 2.00 bits per heavy atom. The molecule has 1 aliphatic heterocycles. The SMILES string of the molecule is COC(=O)Oc1cc2[nH]cc(CSCCC3CC(c4ccccc4)=CCN3)c2cc1OC. The van der Waals surface area contributed by atoms with Crippen LogP contribution in [0, 0.1) is 0 Å². The summed E-state index contributed by atoms with van der Waals surface area (Å²) >= 11 is 1.92. The number of hydrogen-bond donors (Lipinski definition) is 2. The lowest BCUT2D eigenvalue weighted by atomic mass is 9.94. The molecular weight excluding hydrogens is 424 g/mol. The van der Waals surface area contributed by atoms with Crippen LogP contribution in [0.5, 0.6) is 11.5 Å². The predicted molar refractivity (Wildman–Crippen MR) is 129 cm³/mol.